The molecule has 1 fully saturated rings. The fourth-order valence-corrected chi connectivity index (χ4v) is 2.25. The Labute approximate surface area is 106 Å². The molecule has 0 heterocycles. The van der Waals surface area contributed by atoms with Gasteiger partial charge in [-0.3, -0.25) is 4.79 Å². The number of ether oxygens (including phenoxy) is 1. The van der Waals surface area contributed by atoms with E-state index >= 15 is 0 Å². The van der Waals surface area contributed by atoms with Gasteiger partial charge >= 0.3 is 5.97 Å². The van der Waals surface area contributed by atoms with Crippen LogP contribution in [0.1, 0.15) is 17.3 Å². The van der Waals surface area contributed by atoms with E-state index in [1.807, 2.05) is 37.3 Å². The highest BCUT2D eigenvalue weighted by molar-refractivity contribution is 6.00. The van der Waals surface area contributed by atoms with Crippen LogP contribution in [0.15, 0.2) is 42.5 Å². The Kier molecular flexibility index (Phi) is 3.60. The lowest BCUT2D eigenvalue weighted by Crippen LogP contribution is -2.03. The molecule has 1 saturated carbocycles. The minimum absolute atomic E-state index is 0.00620. The number of Topliss-reactive ketones (excluding diaryl/α,β-unsaturated/α-hetero) is 1. The van der Waals surface area contributed by atoms with Crippen LogP contribution in [-0.2, 0) is 9.53 Å². The van der Waals surface area contributed by atoms with E-state index in [0.717, 1.165) is 5.56 Å². The number of benzene rings is 1. The third-order valence-electron chi connectivity index (χ3n) is 3.46. The maximum Gasteiger partial charge on any atom is 0.330 e. The highest BCUT2D eigenvalue weighted by Gasteiger charge is 2.49. The van der Waals surface area contributed by atoms with Gasteiger partial charge in [0.1, 0.15) is 0 Å². The van der Waals surface area contributed by atoms with Crippen LogP contribution in [0.2, 0.25) is 0 Å². The summed E-state index contributed by atoms with van der Waals surface area (Å²) in [4.78, 5) is 23.2. The van der Waals surface area contributed by atoms with Crippen LogP contribution in [-0.4, -0.2) is 18.9 Å². The topological polar surface area (TPSA) is 43.4 Å². The van der Waals surface area contributed by atoms with E-state index in [1.165, 1.54) is 13.2 Å². The summed E-state index contributed by atoms with van der Waals surface area (Å²) < 4.78 is 4.53. The van der Waals surface area contributed by atoms with E-state index in [9.17, 15) is 9.59 Å². The fourth-order valence-electron chi connectivity index (χ4n) is 2.25. The number of methoxy groups -OCH3 is 1. The van der Waals surface area contributed by atoms with Crippen LogP contribution in [0.5, 0.6) is 0 Å². The predicted octanol–water partition coefficient (Wildman–Crippen LogP) is 2.48. The molecule has 0 bridgehead atoms. The molecule has 1 aromatic carbocycles. The first-order valence-corrected chi connectivity index (χ1v) is 6.00. The van der Waals surface area contributed by atoms with Crippen LogP contribution >= 0.6 is 0 Å². The Morgan fingerprint density at radius 2 is 1.89 bits per heavy atom. The molecular formula is C15H16O3. The molecule has 1 aliphatic rings. The third-order valence-corrected chi connectivity index (χ3v) is 3.46. The fraction of sp³-hybridized carbons (Fsp3) is 0.333. The van der Waals surface area contributed by atoms with Crippen molar-refractivity contribution in [2.24, 2.45) is 17.8 Å². The van der Waals surface area contributed by atoms with Crippen LogP contribution in [0.4, 0.5) is 0 Å². The van der Waals surface area contributed by atoms with Crippen molar-refractivity contribution >= 4 is 11.8 Å². The van der Waals surface area contributed by atoms with E-state index in [2.05, 4.69) is 4.74 Å². The summed E-state index contributed by atoms with van der Waals surface area (Å²) in [6, 6.07) is 9.27. The lowest BCUT2D eigenvalue weighted by atomic mass is 10.1. The minimum Gasteiger partial charge on any atom is -0.466 e. The van der Waals surface area contributed by atoms with Gasteiger partial charge in [-0.2, -0.15) is 0 Å². The second-order valence-electron chi connectivity index (χ2n) is 4.57. The lowest BCUT2D eigenvalue weighted by molar-refractivity contribution is -0.134. The summed E-state index contributed by atoms with van der Waals surface area (Å²) in [7, 11) is 1.34. The lowest BCUT2D eigenvalue weighted by Gasteiger charge is -1.98. The highest BCUT2D eigenvalue weighted by Crippen LogP contribution is 2.48. The maximum atomic E-state index is 12.2. The largest absolute Gasteiger partial charge is 0.466 e. The minimum atomic E-state index is -0.375. The number of ketones is 1. The van der Waals surface area contributed by atoms with E-state index in [0.29, 0.717) is 5.92 Å². The average molecular weight is 244 g/mol. The van der Waals surface area contributed by atoms with Gasteiger partial charge in [-0.05, 0) is 11.8 Å². The van der Waals surface area contributed by atoms with Crippen molar-refractivity contribution in [3.05, 3.63) is 48.0 Å². The van der Waals surface area contributed by atoms with E-state index in [1.54, 1.807) is 6.08 Å². The monoisotopic (exact) mass is 244 g/mol. The van der Waals surface area contributed by atoms with Gasteiger partial charge in [-0.1, -0.05) is 43.3 Å². The van der Waals surface area contributed by atoms with Crippen molar-refractivity contribution in [2.75, 3.05) is 7.11 Å². The number of carbonyl (C=O) groups is 2. The SMILES string of the molecule is COC(=O)/C=C/C1[C@H](C)[C@H]1C(=O)c1ccccc1. The summed E-state index contributed by atoms with van der Waals surface area (Å²) >= 11 is 0. The second-order valence-corrected chi connectivity index (χ2v) is 4.57. The number of esters is 1. The van der Waals surface area contributed by atoms with Crippen molar-refractivity contribution < 1.29 is 14.3 Å². The van der Waals surface area contributed by atoms with E-state index in [4.69, 9.17) is 0 Å². The molecule has 1 aromatic rings. The molecule has 0 amide bonds. The number of hydrogen-bond donors (Lipinski definition) is 0. The van der Waals surface area contributed by atoms with E-state index < -0.39 is 0 Å². The molecule has 3 atom stereocenters. The summed E-state index contributed by atoms with van der Waals surface area (Å²) in [6.07, 6.45) is 3.18. The molecule has 0 spiro atoms. The predicted molar refractivity (Wildman–Crippen MR) is 68.1 cm³/mol. The zero-order chi connectivity index (χ0) is 13.1. The molecule has 3 nitrogen and oxygen atoms in total. The quantitative estimate of drug-likeness (QED) is 0.464. The van der Waals surface area contributed by atoms with Gasteiger partial charge in [0.25, 0.3) is 0 Å². The van der Waals surface area contributed by atoms with Gasteiger partial charge in [-0.25, -0.2) is 4.79 Å². The van der Waals surface area contributed by atoms with Gasteiger partial charge < -0.3 is 4.74 Å². The molecule has 2 rings (SSSR count). The van der Waals surface area contributed by atoms with Gasteiger partial charge in [0.05, 0.1) is 7.11 Å². The molecule has 0 aromatic heterocycles. The number of hydrogen-bond acceptors (Lipinski definition) is 3. The van der Waals surface area contributed by atoms with Crippen molar-refractivity contribution in [1.82, 2.24) is 0 Å². The van der Waals surface area contributed by atoms with Crippen molar-refractivity contribution in [1.29, 1.82) is 0 Å². The summed E-state index contributed by atoms with van der Waals surface area (Å²) in [5, 5.41) is 0. The number of rotatable bonds is 4. The Bertz CT molecular complexity index is 476. The van der Waals surface area contributed by atoms with Gasteiger partial charge in [0.2, 0.25) is 0 Å². The first-order valence-electron chi connectivity index (χ1n) is 6.00. The molecule has 94 valence electrons. The molecule has 3 heteroatoms. The molecular weight excluding hydrogens is 228 g/mol. The molecule has 0 N–H and O–H groups in total. The number of allylic oxidation sites excluding steroid dienone is 1. The Balaban J connectivity index is 2.02. The van der Waals surface area contributed by atoms with Gasteiger partial charge in [-0.15, -0.1) is 0 Å². The van der Waals surface area contributed by atoms with Gasteiger partial charge in [0, 0.05) is 17.6 Å². The molecule has 1 aliphatic carbocycles. The van der Waals surface area contributed by atoms with Crippen molar-refractivity contribution in [3.8, 4) is 0 Å². The van der Waals surface area contributed by atoms with Crippen molar-refractivity contribution in [3.63, 3.8) is 0 Å². The standard InChI is InChI=1S/C15H16O3/c1-10-12(8-9-13(16)18-2)14(10)15(17)11-6-4-3-5-7-11/h3-10,12,14H,1-2H3/b9-8+/t10-,12?,14+/m0/s1. The molecule has 0 aliphatic heterocycles. The maximum absolute atomic E-state index is 12.2. The summed E-state index contributed by atoms with van der Waals surface area (Å²) in [6.45, 7) is 2.03. The summed E-state index contributed by atoms with van der Waals surface area (Å²) in [5.41, 5.74) is 0.739. The normalized spacial score (nSPS) is 26.0. The first kappa shape index (κ1) is 12.6. The Morgan fingerprint density at radius 1 is 1.22 bits per heavy atom. The van der Waals surface area contributed by atoms with Crippen LogP contribution in [0, 0.1) is 17.8 Å². The first-order chi connectivity index (χ1) is 8.65. The van der Waals surface area contributed by atoms with Crippen LogP contribution in [0.3, 0.4) is 0 Å². The van der Waals surface area contributed by atoms with Crippen molar-refractivity contribution in [2.45, 2.75) is 6.92 Å². The number of carbonyl (C=O) groups excluding carboxylic acids is 2. The second kappa shape index (κ2) is 5.17. The Hall–Kier alpha value is -1.90. The molecule has 18 heavy (non-hydrogen) atoms. The van der Waals surface area contributed by atoms with Crippen LogP contribution < -0.4 is 0 Å². The summed E-state index contributed by atoms with van der Waals surface area (Å²) in [5.74, 6) is 0.214. The van der Waals surface area contributed by atoms with Gasteiger partial charge in [0.15, 0.2) is 5.78 Å². The molecule has 0 saturated heterocycles. The Morgan fingerprint density at radius 3 is 2.50 bits per heavy atom. The molecule has 0 radical (unpaired) electrons. The molecule has 1 unspecified atom stereocenters. The average Bonchev–Trinajstić information content (AvgIpc) is 3.06. The van der Waals surface area contributed by atoms with E-state index in [-0.39, 0.29) is 23.6 Å². The zero-order valence-corrected chi connectivity index (χ0v) is 10.5. The zero-order valence-electron chi connectivity index (χ0n) is 10.5. The third kappa shape index (κ3) is 2.50. The van der Waals surface area contributed by atoms with Crippen LogP contribution in [0.25, 0.3) is 0 Å². The highest BCUT2D eigenvalue weighted by atomic mass is 16.5. The smallest absolute Gasteiger partial charge is 0.330 e.